The second-order valence-corrected chi connectivity index (χ2v) is 6.28. The Balaban J connectivity index is 1.84. The van der Waals surface area contributed by atoms with Crippen molar-refractivity contribution < 1.29 is 4.74 Å². The van der Waals surface area contributed by atoms with Gasteiger partial charge in [-0.15, -0.1) is 0 Å². The van der Waals surface area contributed by atoms with Gasteiger partial charge in [-0.2, -0.15) is 0 Å². The van der Waals surface area contributed by atoms with Crippen molar-refractivity contribution in [2.75, 3.05) is 33.8 Å². The van der Waals surface area contributed by atoms with E-state index in [1.54, 1.807) is 0 Å². The van der Waals surface area contributed by atoms with E-state index in [1.807, 2.05) is 14.2 Å². The standard InChI is InChI=1S/C16H25BrN2O/c1-18-16(14-5-3-4-6-15(14)17)9-12-19-10-7-13(20-2)8-11-19/h3-6,13,16,18H,7-12H2,1-2H3. The Morgan fingerprint density at radius 2 is 2.05 bits per heavy atom. The number of ether oxygens (including phenoxy) is 1. The summed E-state index contributed by atoms with van der Waals surface area (Å²) in [6.07, 6.45) is 3.93. The molecule has 0 amide bonds. The number of benzene rings is 1. The molecule has 2 rings (SSSR count). The minimum Gasteiger partial charge on any atom is -0.381 e. The van der Waals surface area contributed by atoms with Gasteiger partial charge in [-0.25, -0.2) is 0 Å². The number of rotatable bonds is 6. The van der Waals surface area contributed by atoms with Crippen LogP contribution in [0.15, 0.2) is 28.7 Å². The molecule has 0 saturated carbocycles. The molecule has 1 saturated heterocycles. The van der Waals surface area contributed by atoms with Crippen LogP contribution in [0.5, 0.6) is 0 Å². The first-order chi connectivity index (χ1) is 9.74. The molecular weight excluding hydrogens is 316 g/mol. The molecule has 0 bridgehead atoms. The van der Waals surface area contributed by atoms with Crippen molar-refractivity contribution in [3.63, 3.8) is 0 Å². The molecule has 0 radical (unpaired) electrons. The van der Waals surface area contributed by atoms with Crippen molar-refractivity contribution in [2.24, 2.45) is 0 Å². The van der Waals surface area contributed by atoms with E-state index in [2.05, 4.69) is 50.4 Å². The third-order valence-corrected chi connectivity index (χ3v) is 4.95. The summed E-state index contributed by atoms with van der Waals surface area (Å²) in [6, 6.07) is 8.89. The van der Waals surface area contributed by atoms with E-state index < -0.39 is 0 Å². The van der Waals surface area contributed by atoms with Crippen molar-refractivity contribution in [1.82, 2.24) is 10.2 Å². The van der Waals surface area contributed by atoms with Gasteiger partial charge in [0.2, 0.25) is 0 Å². The molecule has 1 atom stereocenters. The highest BCUT2D eigenvalue weighted by molar-refractivity contribution is 9.10. The van der Waals surface area contributed by atoms with Crippen molar-refractivity contribution in [2.45, 2.75) is 31.4 Å². The van der Waals surface area contributed by atoms with Crippen LogP contribution in [-0.4, -0.2) is 44.8 Å². The maximum atomic E-state index is 5.43. The van der Waals surface area contributed by atoms with Crippen LogP contribution in [0.4, 0.5) is 0 Å². The predicted octanol–water partition coefficient (Wildman–Crippen LogP) is 3.21. The molecule has 1 N–H and O–H groups in total. The molecule has 0 aromatic heterocycles. The zero-order chi connectivity index (χ0) is 14.4. The molecule has 1 heterocycles. The Labute approximate surface area is 130 Å². The van der Waals surface area contributed by atoms with Crippen LogP contribution in [-0.2, 0) is 4.74 Å². The number of piperidine rings is 1. The highest BCUT2D eigenvalue weighted by Crippen LogP contribution is 2.25. The maximum Gasteiger partial charge on any atom is 0.0595 e. The van der Waals surface area contributed by atoms with E-state index in [9.17, 15) is 0 Å². The van der Waals surface area contributed by atoms with Gasteiger partial charge in [0, 0.05) is 30.7 Å². The van der Waals surface area contributed by atoms with Gasteiger partial charge in [0.1, 0.15) is 0 Å². The largest absolute Gasteiger partial charge is 0.381 e. The third kappa shape index (κ3) is 4.29. The summed E-state index contributed by atoms with van der Waals surface area (Å²) in [5, 5.41) is 3.44. The van der Waals surface area contributed by atoms with Gasteiger partial charge < -0.3 is 15.0 Å². The number of hydrogen-bond donors (Lipinski definition) is 1. The number of methoxy groups -OCH3 is 1. The number of hydrogen-bond acceptors (Lipinski definition) is 3. The van der Waals surface area contributed by atoms with E-state index in [4.69, 9.17) is 4.74 Å². The summed E-state index contributed by atoms with van der Waals surface area (Å²) in [6.45, 7) is 3.46. The summed E-state index contributed by atoms with van der Waals surface area (Å²) in [4.78, 5) is 2.55. The minimum absolute atomic E-state index is 0.408. The monoisotopic (exact) mass is 340 g/mol. The van der Waals surface area contributed by atoms with Gasteiger partial charge in [0.15, 0.2) is 0 Å². The van der Waals surface area contributed by atoms with Crippen LogP contribution in [0.25, 0.3) is 0 Å². The Kier molecular flexibility index (Phi) is 6.49. The first kappa shape index (κ1) is 16.0. The number of halogens is 1. The average molecular weight is 341 g/mol. The van der Waals surface area contributed by atoms with Crippen molar-refractivity contribution >= 4 is 15.9 Å². The fourth-order valence-electron chi connectivity index (χ4n) is 2.89. The molecule has 0 spiro atoms. The van der Waals surface area contributed by atoms with E-state index >= 15 is 0 Å². The Morgan fingerprint density at radius 3 is 2.65 bits per heavy atom. The van der Waals surface area contributed by atoms with Gasteiger partial charge in [-0.3, -0.25) is 0 Å². The van der Waals surface area contributed by atoms with E-state index in [-0.39, 0.29) is 0 Å². The lowest BCUT2D eigenvalue weighted by atomic mass is 10.0. The van der Waals surface area contributed by atoms with Crippen LogP contribution >= 0.6 is 15.9 Å². The average Bonchev–Trinajstić information content (AvgIpc) is 2.50. The lowest BCUT2D eigenvalue weighted by Gasteiger charge is -2.32. The smallest absolute Gasteiger partial charge is 0.0595 e. The topological polar surface area (TPSA) is 24.5 Å². The molecule has 1 aliphatic heterocycles. The van der Waals surface area contributed by atoms with Crippen LogP contribution in [0.3, 0.4) is 0 Å². The van der Waals surface area contributed by atoms with Gasteiger partial charge in [-0.1, -0.05) is 34.1 Å². The quantitative estimate of drug-likeness (QED) is 0.860. The van der Waals surface area contributed by atoms with Gasteiger partial charge >= 0.3 is 0 Å². The molecule has 1 aromatic carbocycles. The molecule has 4 heteroatoms. The third-order valence-electron chi connectivity index (χ3n) is 4.23. The number of nitrogens with zero attached hydrogens (tertiary/aromatic N) is 1. The molecule has 1 aromatic rings. The van der Waals surface area contributed by atoms with Gasteiger partial charge in [-0.05, 0) is 44.5 Å². The molecule has 20 heavy (non-hydrogen) atoms. The summed E-state index contributed by atoms with van der Waals surface area (Å²) < 4.78 is 6.62. The Hall–Kier alpha value is -0.420. The molecule has 0 aliphatic carbocycles. The molecule has 1 aliphatic rings. The van der Waals surface area contributed by atoms with Gasteiger partial charge in [0.05, 0.1) is 6.10 Å². The highest BCUT2D eigenvalue weighted by atomic mass is 79.9. The number of likely N-dealkylation sites (tertiary alicyclic amines) is 1. The minimum atomic E-state index is 0.408. The SMILES string of the molecule is CNC(CCN1CCC(OC)CC1)c1ccccc1Br. The summed E-state index contributed by atoms with van der Waals surface area (Å²) in [5.74, 6) is 0. The predicted molar refractivity (Wildman–Crippen MR) is 87.0 cm³/mol. The fourth-order valence-corrected chi connectivity index (χ4v) is 3.45. The van der Waals surface area contributed by atoms with Crippen LogP contribution in [0.2, 0.25) is 0 Å². The van der Waals surface area contributed by atoms with Crippen molar-refractivity contribution in [3.05, 3.63) is 34.3 Å². The van der Waals surface area contributed by atoms with E-state index in [0.29, 0.717) is 12.1 Å². The van der Waals surface area contributed by atoms with Crippen LogP contribution < -0.4 is 5.32 Å². The van der Waals surface area contributed by atoms with Crippen molar-refractivity contribution in [3.8, 4) is 0 Å². The van der Waals surface area contributed by atoms with E-state index in [1.165, 1.54) is 10.0 Å². The maximum absolute atomic E-state index is 5.43. The lowest BCUT2D eigenvalue weighted by molar-refractivity contribution is 0.0401. The van der Waals surface area contributed by atoms with E-state index in [0.717, 1.165) is 38.9 Å². The Bertz CT molecular complexity index is 405. The van der Waals surface area contributed by atoms with Crippen LogP contribution in [0.1, 0.15) is 30.9 Å². The Morgan fingerprint density at radius 1 is 1.35 bits per heavy atom. The van der Waals surface area contributed by atoms with Crippen LogP contribution in [0, 0.1) is 0 Å². The normalized spacial score (nSPS) is 19.1. The molecule has 1 unspecified atom stereocenters. The molecule has 1 fully saturated rings. The molecule has 3 nitrogen and oxygen atoms in total. The van der Waals surface area contributed by atoms with Crippen molar-refractivity contribution in [1.29, 1.82) is 0 Å². The zero-order valence-electron chi connectivity index (χ0n) is 12.4. The second kappa shape index (κ2) is 8.13. The first-order valence-electron chi connectivity index (χ1n) is 7.41. The zero-order valence-corrected chi connectivity index (χ0v) is 14.0. The fraction of sp³-hybridized carbons (Fsp3) is 0.625. The highest BCUT2D eigenvalue weighted by Gasteiger charge is 2.20. The van der Waals surface area contributed by atoms with Gasteiger partial charge in [0.25, 0.3) is 0 Å². The summed E-state index contributed by atoms with van der Waals surface area (Å²) in [5.41, 5.74) is 1.35. The first-order valence-corrected chi connectivity index (χ1v) is 8.20. The lowest BCUT2D eigenvalue weighted by Crippen LogP contribution is -2.38. The molecular formula is C16H25BrN2O. The molecule has 112 valence electrons. The number of nitrogens with one attached hydrogen (secondary N) is 1. The second-order valence-electron chi connectivity index (χ2n) is 5.43. The summed E-state index contributed by atoms with van der Waals surface area (Å²) >= 11 is 3.65. The summed E-state index contributed by atoms with van der Waals surface area (Å²) in [7, 11) is 3.87.